The molecule has 2 aromatic carbocycles. The van der Waals surface area contributed by atoms with Crippen LogP contribution in [0.15, 0.2) is 41.3 Å². The van der Waals surface area contributed by atoms with Gasteiger partial charge in [-0.2, -0.15) is 0 Å². The van der Waals surface area contributed by atoms with E-state index < -0.39 is 10.0 Å². The molecular weight excluding hydrogens is 334 g/mol. The maximum absolute atomic E-state index is 12.8. The summed E-state index contributed by atoms with van der Waals surface area (Å²) in [6.07, 6.45) is 0. The van der Waals surface area contributed by atoms with Crippen molar-refractivity contribution in [1.82, 2.24) is 0 Å². The number of aryl methyl sites for hydroxylation is 1. The number of hydrogen-bond donors (Lipinski definition) is 1. The van der Waals surface area contributed by atoms with Crippen LogP contribution in [0.1, 0.15) is 30.9 Å². The van der Waals surface area contributed by atoms with E-state index in [0.717, 1.165) is 11.1 Å². The summed E-state index contributed by atoms with van der Waals surface area (Å²) in [7, 11) is -2.31. The SMILES string of the molecule is COc1ccc(C(C)C)cc1S(=O)(=O)Nc1ccc(Cl)cc1C. The van der Waals surface area contributed by atoms with E-state index in [1.807, 2.05) is 19.9 Å². The molecule has 0 spiro atoms. The second-order valence-corrected chi connectivity index (χ2v) is 7.72. The second kappa shape index (κ2) is 6.81. The van der Waals surface area contributed by atoms with E-state index in [4.69, 9.17) is 16.3 Å². The van der Waals surface area contributed by atoms with Gasteiger partial charge in [0.25, 0.3) is 10.0 Å². The minimum Gasteiger partial charge on any atom is -0.495 e. The van der Waals surface area contributed by atoms with Crippen molar-refractivity contribution >= 4 is 27.3 Å². The lowest BCUT2D eigenvalue weighted by atomic mass is 10.0. The molecule has 0 amide bonds. The first kappa shape index (κ1) is 17.6. The number of rotatable bonds is 5. The third kappa shape index (κ3) is 3.98. The van der Waals surface area contributed by atoms with E-state index in [1.165, 1.54) is 7.11 Å². The van der Waals surface area contributed by atoms with E-state index in [9.17, 15) is 8.42 Å². The van der Waals surface area contributed by atoms with Crippen LogP contribution in [0.2, 0.25) is 5.02 Å². The first-order valence-electron chi connectivity index (χ1n) is 7.21. The van der Waals surface area contributed by atoms with E-state index in [-0.39, 0.29) is 10.8 Å². The highest BCUT2D eigenvalue weighted by molar-refractivity contribution is 7.92. The van der Waals surface area contributed by atoms with Crippen molar-refractivity contribution < 1.29 is 13.2 Å². The molecule has 0 heterocycles. The van der Waals surface area contributed by atoms with Gasteiger partial charge >= 0.3 is 0 Å². The van der Waals surface area contributed by atoms with Crippen LogP contribution >= 0.6 is 11.6 Å². The van der Waals surface area contributed by atoms with Gasteiger partial charge in [-0.1, -0.05) is 31.5 Å². The molecule has 23 heavy (non-hydrogen) atoms. The van der Waals surface area contributed by atoms with Crippen molar-refractivity contribution in [3.8, 4) is 5.75 Å². The summed E-state index contributed by atoms with van der Waals surface area (Å²) in [6.45, 7) is 5.81. The normalized spacial score (nSPS) is 11.6. The minimum atomic E-state index is -3.77. The quantitative estimate of drug-likeness (QED) is 0.855. The molecule has 0 aliphatic carbocycles. The Morgan fingerprint density at radius 3 is 2.39 bits per heavy atom. The monoisotopic (exact) mass is 353 g/mol. The third-order valence-electron chi connectivity index (χ3n) is 3.58. The van der Waals surface area contributed by atoms with E-state index in [2.05, 4.69) is 4.72 Å². The van der Waals surface area contributed by atoms with Crippen LogP contribution in [-0.4, -0.2) is 15.5 Å². The molecule has 0 fully saturated rings. The van der Waals surface area contributed by atoms with Gasteiger partial charge in [0.2, 0.25) is 0 Å². The number of sulfonamides is 1. The van der Waals surface area contributed by atoms with Crippen LogP contribution in [0.5, 0.6) is 5.75 Å². The van der Waals surface area contributed by atoms with Crippen LogP contribution < -0.4 is 9.46 Å². The molecule has 1 N–H and O–H groups in total. The van der Waals surface area contributed by atoms with Crippen LogP contribution in [-0.2, 0) is 10.0 Å². The number of nitrogens with one attached hydrogen (secondary N) is 1. The van der Waals surface area contributed by atoms with Crippen LogP contribution in [0.3, 0.4) is 0 Å². The molecule has 2 rings (SSSR count). The topological polar surface area (TPSA) is 55.4 Å². The Hall–Kier alpha value is -1.72. The van der Waals surface area contributed by atoms with E-state index >= 15 is 0 Å². The van der Waals surface area contributed by atoms with Gasteiger partial charge in [0.05, 0.1) is 12.8 Å². The Labute approximate surface area is 142 Å². The van der Waals surface area contributed by atoms with E-state index in [0.29, 0.717) is 16.5 Å². The first-order valence-corrected chi connectivity index (χ1v) is 9.07. The van der Waals surface area contributed by atoms with Gasteiger partial charge in [-0.25, -0.2) is 8.42 Å². The molecule has 0 saturated heterocycles. The number of anilines is 1. The smallest absolute Gasteiger partial charge is 0.265 e. The molecule has 0 bridgehead atoms. The number of ether oxygens (including phenoxy) is 1. The molecule has 4 nitrogen and oxygen atoms in total. The number of halogens is 1. The van der Waals surface area contributed by atoms with Gasteiger partial charge in [-0.05, 0) is 54.3 Å². The molecule has 0 aliphatic rings. The van der Waals surface area contributed by atoms with Crippen molar-refractivity contribution in [2.24, 2.45) is 0 Å². The van der Waals surface area contributed by atoms with Gasteiger partial charge < -0.3 is 4.74 Å². The molecule has 124 valence electrons. The largest absolute Gasteiger partial charge is 0.495 e. The second-order valence-electron chi connectivity index (χ2n) is 5.63. The molecule has 2 aromatic rings. The fraction of sp³-hybridized carbons (Fsp3) is 0.294. The highest BCUT2D eigenvalue weighted by Gasteiger charge is 2.21. The fourth-order valence-electron chi connectivity index (χ4n) is 2.20. The van der Waals surface area contributed by atoms with E-state index in [1.54, 1.807) is 37.3 Å². The summed E-state index contributed by atoms with van der Waals surface area (Å²) in [6, 6.07) is 10.2. The maximum atomic E-state index is 12.8. The lowest BCUT2D eigenvalue weighted by Gasteiger charge is -2.15. The van der Waals surface area contributed by atoms with Gasteiger partial charge in [0.1, 0.15) is 10.6 Å². The molecule has 0 radical (unpaired) electrons. The average Bonchev–Trinajstić information content (AvgIpc) is 2.49. The fourth-order valence-corrected chi connectivity index (χ4v) is 3.77. The molecule has 0 atom stereocenters. The Morgan fingerprint density at radius 2 is 1.83 bits per heavy atom. The van der Waals surface area contributed by atoms with Gasteiger partial charge in [0, 0.05) is 5.02 Å². The molecular formula is C17H20ClNO3S. The van der Waals surface area contributed by atoms with Crippen molar-refractivity contribution in [1.29, 1.82) is 0 Å². The summed E-state index contributed by atoms with van der Waals surface area (Å²) < 4.78 is 33.4. The Balaban J connectivity index is 2.48. The lowest BCUT2D eigenvalue weighted by molar-refractivity contribution is 0.402. The summed E-state index contributed by atoms with van der Waals surface area (Å²) >= 11 is 5.91. The third-order valence-corrected chi connectivity index (χ3v) is 5.20. The highest BCUT2D eigenvalue weighted by Crippen LogP contribution is 2.30. The van der Waals surface area contributed by atoms with Crippen molar-refractivity contribution in [2.45, 2.75) is 31.6 Å². The van der Waals surface area contributed by atoms with Gasteiger partial charge in [-0.15, -0.1) is 0 Å². The average molecular weight is 354 g/mol. The van der Waals surface area contributed by atoms with Crippen LogP contribution in [0, 0.1) is 6.92 Å². The van der Waals surface area contributed by atoms with Crippen LogP contribution in [0.4, 0.5) is 5.69 Å². The summed E-state index contributed by atoms with van der Waals surface area (Å²) in [5.74, 6) is 0.528. The summed E-state index contributed by atoms with van der Waals surface area (Å²) in [5, 5.41) is 0.560. The highest BCUT2D eigenvalue weighted by atomic mass is 35.5. The Bertz CT molecular complexity index is 817. The zero-order valence-electron chi connectivity index (χ0n) is 13.6. The first-order chi connectivity index (χ1) is 10.7. The summed E-state index contributed by atoms with van der Waals surface area (Å²) in [4.78, 5) is 0.126. The molecule has 0 aromatic heterocycles. The number of methoxy groups -OCH3 is 1. The molecule has 0 aliphatic heterocycles. The van der Waals surface area contributed by atoms with Gasteiger partial charge in [0.15, 0.2) is 0 Å². The number of hydrogen-bond acceptors (Lipinski definition) is 3. The molecule has 0 unspecified atom stereocenters. The minimum absolute atomic E-state index is 0.126. The van der Waals surface area contributed by atoms with Gasteiger partial charge in [-0.3, -0.25) is 4.72 Å². The molecule has 0 saturated carbocycles. The predicted molar refractivity (Wildman–Crippen MR) is 94.1 cm³/mol. The zero-order chi connectivity index (χ0) is 17.2. The Morgan fingerprint density at radius 1 is 1.13 bits per heavy atom. The summed E-state index contributed by atoms with van der Waals surface area (Å²) in [5.41, 5.74) is 2.17. The molecule has 6 heteroatoms. The van der Waals surface area contributed by atoms with Crippen molar-refractivity contribution in [3.63, 3.8) is 0 Å². The lowest BCUT2D eigenvalue weighted by Crippen LogP contribution is -2.15. The standard InChI is InChI=1S/C17H20ClNO3S/c1-11(2)13-5-8-16(22-4)17(10-13)23(20,21)19-15-7-6-14(18)9-12(15)3/h5-11,19H,1-4H3. The van der Waals surface area contributed by atoms with Crippen molar-refractivity contribution in [3.05, 3.63) is 52.5 Å². The maximum Gasteiger partial charge on any atom is 0.265 e. The van der Waals surface area contributed by atoms with Crippen LogP contribution in [0.25, 0.3) is 0 Å². The van der Waals surface area contributed by atoms with Crippen molar-refractivity contribution in [2.75, 3.05) is 11.8 Å². The predicted octanol–water partition coefficient (Wildman–Crippen LogP) is 4.58. The number of benzene rings is 2. The zero-order valence-corrected chi connectivity index (χ0v) is 15.1. The Kier molecular flexibility index (Phi) is 5.22.